The standard InChI is InChI=1S/C10H19Cl2NO/c1-3-5-6-8(4-2)7-13-10(14)9(11)12/h8-9H,3-7H2,1-2H3,(H,13,14). The van der Waals surface area contributed by atoms with Gasteiger partial charge in [0.15, 0.2) is 4.84 Å². The van der Waals surface area contributed by atoms with Crippen LogP contribution in [0, 0.1) is 5.92 Å². The van der Waals surface area contributed by atoms with Gasteiger partial charge in [-0.05, 0) is 12.3 Å². The van der Waals surface area contributed by atoms with Crippen LogP contribution >= 0.6 is 23.2 Å². The zero-order valence-electron chi connectivity index (χ0n) is 8.85. The third kappa shape index (κ3) is 6.50. The Labute approximate surface area is 96.3 Å². The summed E-state index contributed by atoms with van der Waals surface area (Å²) in [5.41, 5.74) is 0. The van der Waals surface area contributed by atoms with Gasteiger partial charge in [0.05, 0.1) is 0 Å². The molecule has 0 aromatic rings. The smallest absolute Gasteiger partial charge is 0.253 e. The van der Waals surface area contributed by atoms with E-state index in [0.717, 1.165) is 12.8 Å². The van der Waals surface area contributed by atoms with Gasteiger partial charge in [-0.3, -0.25) is 4.79 Å². The highest BCUT2D eigenvalue weighted by Crippen LogP contribution is 2.11. The normalized spacial score (nSPS) is 12.9. The van der Waals surface area contributed by atoms with E-state index in [1.165, 1.54) is 12.8 Å². The predicted molar refractivity (Wildman–Crippen MR) is 61.8 cm³/mol. The molecule has 1 amide bonds. The zero-order chi connectivity index (χ0) is 11.0. The van der Waals surface area contributed by atoms with Crippen LogP contribution in [0.25, 0.3) is 0 Å². The lowest BCUT2D eigenvalue weighted by molar-refractivity contribution is -0.119. The molecular weight excluding hydrogens is 221 g/mol. The number of rotatable bonds is 7. The van der Waals surface area contributed by atoms with Gasteiger partial charge in [0.2, 0.25) is 0 Å². The highest BCUT2D eigenvalue weighted by atomic mass is 35.5. The van der Waals surface area contributed by atoms with E-state index in [0.29, 0.717) is 12.5 Å². The van der Waals surface area contributed by atoms with Crippen molar-refractivity contribution in [1.82, 2.24) is 5.32 Å². The summed E-state index contributed by atoms with van der Waals surface area (Å²) in [6, 6.07) is 0. The number of halogens is 2. The van der Waals surface area contributed by atoms with Gasteiger partial charge < -0.3 is 5.32 Å². The second kappa shape index (κ2) is 8.37. The molecule has 0 saturated heterocycles. The van der Waals surface area contributed by atoms with Crippen molar-refractivity contribution >= 4 is 29.1 Å². The average Bonchev–Trinajstić information content (AvgIpc) is 2.17. The molecule has 0 aromatic carbocycles. The number of carbonyl (C=O) groups is 1. The van der Waals surface area contributed by atoms with Crippen molar-refractivity contribution in [1.29, 1.82) is 0 Å². The van der Waals surface area contributed by atoms with E-state index in [-0.39, 0.29) is 5.91 Å². The largest absolute Gasteiger partial charge is 0.353 e. The van der Waals surface area contributed by atoms with Crippen molar-refractivity contribution in [2.24, 2.45) is 5.92 Å². The Morgan fingerprint density at radius 2 is 2.00 bits per heavy atom. The van der Waals surface area contributed by atoms with Gasteiger partial charge >= 0.3 is 0 Å². The monoisotopic (exact) mass is 239 g/mol. The molecule has 0 rings (SSSR count). The Morgan fingerprint density at radius 3 is 2.43 bits per heavy atom. The molecule has 0 fully saturated rings. The molecule has 0 aliphatic heterocycles. The van der Waals surface area contributed by atoms with E-state index in [1.807, 2.05) is 0 Å². The molecule has 0 spiro atoms. The lowest BCUT2D eigenvalue weighted by atomic mass is 9.99. The lowest BCUT2D eigenvalue weighted by Crippen LogP contribution is -2.32. The first kappa shape index (κ1) is 14.1. The van der Waals surface area contributed by atoms with E-state index < -0.39 is 4.84 Å². The van der Waals surface area contributed by atoms with Crippen LogP contribution in [0.1, 0.15) is 39.5 Å². The second-order valence-electron chi connectivity index (χ2n) is 3.46. The van der Waals surface area contributed by atoms with Crippen LogP contribution in [-0.2, 0) is 4.79 Å². The van der Waals surface area contributed by atoms with E-state index in [4.69, 9.17) is 23.2 Å². The molecule has 0 aliphatic rings. The lowest BCUT2D eigenvalue weighted by Gasteiger charge is -2.15. The van der Waals surface area contributed by atoms with Crippen LogP contribution in [0.3, 0.4) is 0 Å². The quantitative estimate of drug-likeness (QED) is 0.680. The van der Waals surface area contributed by atoms with Gasteiger partial charge in [-0.1, -0.05) is 56.3 Å². The van der Waals surface area contributed by atoms with Gasteiger partial charge in [-0.25, -0.2) is 0 Å². The fraction of sp³-hybridized carbons (Fsp3) is 0.900. The Morgan fingerprint density at radius 1 is 1.36 bits per heavy atom. The molecule has 14 heavy (non-hydrogen) atoms. The number of hydrogen-bond donors (Lipinski definition) is 1. The molecule has 0 saturated carbocycles. The highest BCUT2D eigenvalue weighted by Gasteiger charge is 2.13. The molecule has 1 atom stereocenters. The average molecular weight is 240 g/mol. The van der Waals surface area contributed by atoms with Crippen LogP contribution in [0.2, 0.25) is 0 Å². The summed E-state index contributed by atoms with van der Waals surface area (Å²) < 4.78 is 0. The minimum atomic E-state index is -0.946. The van der Waals surface area contributed by atoms with Crippen molar-refractivity contribution < 1.29 is 4.79 Å². The fourth-order valence-electron chi connectivity index (χ4n) is 1.27. The van der Waals surface area contributed by atoms with Gasteiger partial charge in [0.1, 0.15) is 0 Å². The maximum absolute atomic E-state index is 11.1. The highest BCUT2D eigenvalue weighted by molar-refractivity contribution is 6.53. The first-order chi connectivity index (χ1) is 6.61. The van der Waals surface area contributed by atoms with Gasteiger partial charge in [-0.15, -0.1) is 0 Å². The van der Waals surface area contributed by atoms with Crippen molar-refractivity contribution in [3.8, 4) is 0 Å². The summed E-state index contributed by atoms with van der Waals surface area (Å²) in [4.78, 5) is 10.1. The predicted octanol–water partition coefficient (Wildman–Crippen LogP) is 3.12. The van der Waals surface area contributed by atoms with Gasteiger partial charge in [0, 0.05) is 6.54 Å². The summed E-state index contributed by atoms with van der Waals surface area (Å²) in [6.07, 6.45) is 4.63. The minimum Gasteiger partial charge on any atom is -0.353 e. The number of alkyl halides is 2. The third-order valence-corrected chi connectivity index (χ3v) is 2.70. The molecule has 1 unspecified atom stereocenters. The zero-order valence-corrected chi connectivity index (χ0v) is 10.4. The van der Waals surface area contributed by atoms with E-state index in [2.05, 4.69) is 19.2 Å². The third-order valence-electron chi connectivity index (χ3n) is 2.31. The number of hydrogen-bond acceptors (Lipinski definition) is 1. The van der Waals surface area contributed by atoms with E-state index in [1.54, 1.807) is 0 Å². The van der Waals surface area contributed by atoms with E-state index in [9.17, 15) is 4.79 Å². The van der Waals surface area contributed by atoms with Crippen LogP contribution in [0.15, 0.2) is 0 Å². The maximum Gasteiger partial charge on any atom is 0.253 e. The molecule has 4 heteroatoms. The topological polar surface area (TPSA) is 29.1 Å². The molecule has 0 heterocycles. The molecule has 0 aliphatic carbocycles. The summed E-state index contributed by atoms with van der Waals surface area (Å²) in [5.74, 6) is 0.259. The summed E-state index contributed by atoms with van der Waals surface area (Å²) in [5, 5.41) is 2.74. The number of unbranched alkanes of at least 4 members (excludes halogenated alkanes) is 1. The number of amides is 1. The summed E-state index contributed by atoms with van der Waals surface area (Å²) >= 11 is 10.8. The molecule has 0 bridgehead atoms. The second-order valence-corrected chi connectivity index (χ2v) is 4.56. The molecule has 0 radical (unpaired) electrons. The SMILES string of the molecule is CCCCC(CC)CNC(=O)C(Cl)Cl. The maximum atomic E-state index is 11.1. The molecule has 0 aromatic heterocycles. The molecule has 1 N–H and O–H groups in total. The van der Waals surface area contributed by atoms with Crippen LogP contribution < -0.4 is 5.32 Å². The first-order valence-corrected chi connectivity index (χ1v) is 6.04. The van der Waals surface area contributed by atoms with Crippen molar-refractivity contribution in [2.75, 3.05) is 6.54 Å². The van der Waals surface area contributed by atoms with Crippen LogP contribution in [0.4, 0.5) is 0 Å². The number of carbonyl (C=O) groups excluding carboxylic acids is 1. The fourth-order valence-corrected chi connectivity index (χ4v) is 1.42. The minimum absolute atomic E-state index is 0.289. The Balaban J connectivity index is 3.66. The van der Waals surface area contributed by atoms with Gasteiger partial charge in [0.25, 0.3) is 5.91 Å². The van der Waals surface area contributed by atoms with Crippen molar-refractivity contribution in [3.63, 3.8) is 0 Å². The van der Waals surface area contributed by atoms with E-state index >= 15 is 0 Å². The summed E-state index contributed by atoms with van der Waals surface area (Å²) in [7, 11) is 0. The Bertz CT molecular complexity index is 162. The van der Waals surface area contributed by atoms with Crippen LogP contribution in [-0.4, -0.2) is 17.3 Å². The number of nitrogens with one attached hydrogen (secondary N) is 1. The molecule has 2 nitrogen and oxygen atoms in total. The van der Waals surface area contributed by atoms with Gasteiger partial charge in [-0.2, -0.15) is 0 Å². The Kier molecular flexibility index (Phi) is 8.40. The van der Waals surface area contributed by atoms with Crippen LogP contribution in [0.5, 0.6) is 0 Å². The first-order valence-electron chi connectivity index (χ1n) is 5.17. The van der Waals surface area contributed by atoms with Crippen molar-refractivity contribution in [2.45, 2.75) is 44.4 Å². The Hall–Kier alpha value is 0.0500. The molecular formula is C10H19Cl2NO. The molecule has 84 valence electrons. The van der Waals surface area contributed by atoms with Crippen molar-refractivity contribution in [3.05, 3.63) is 0 Å². The summed E-state index contributed by atoms with van der Waals surface area (Å²) in [6.45, 7) is 4.98.